The van der Waals surface area contributed by atoms with Crippen molar-refractivity contribution in [2.45, 2.75) is 19.3 Å². The topological polar surface area (TPSA) is 49.7 Å². The van der Waals surface area contributed by atoms with Crippen LogP contribution in [0.1, 0.15) is 51.3 Å². The van der Waals surface area contributed by atoms with Crippen molar-refractivity contribution in [2.75, 3.05) is 11.9 Å². The van der Waals surface area contributed by atoms with Gasteiger partial charge in [-0.1, -0.05) is 67.9 Å². The molecule has 1 aliphatic heterocycles. The zero-order valence-corrected chi connectivity index (χ0v) is 18.8. The van der Waals surface area contributed by atoms with E-state index in [4.69, 9.17) is 11.6 Å². The largest absolute Gasteiger partial charge is 0.347 e. The van der Waals surface area contributed by atoms with Gasteiger partial charge in [0.1, 0.15) is 0 Å². The lowest BCUT2D eigenvalue weighted by atomic mass is 9.83. The lowest BCUT2D eigenvalue weighted by Crippen LogP contribution is -2.23. The van der Waals surface area contributed by atoms with Gasteiger partial charge in [-0.25, -0.2) is 0 Å². The Morgan fingerprint density at radius 3 is 2.28 bits per heavy atom. The molecule has 0 spiro atoms. The van der Waals surface area contributed by atoms with Crippen molar-refractivity contribution in [1.29, 1.82) is 0 Å². The van der Waals surface area contributed by atoms with E-state index in [1.165, 1.54) is 11.3 Å². The van der Waals surface area contributed by atoms with Crippen LogP contribution in [0.25, 0.3) is 0 Å². The summed E-state index contributed by atoms with van der Waals surface area (Å²) in [6.45, 7) is 4.37. The van der Waals surface area contributed by atoms with Gasteiger partial charge in [-0.05, 0) is 29.8 Å². The van der Waals surface area contributed by atoms with Crippen molar-refractivity contribution in [3.63, 3.8) is 0 Å². The van der Waals surface area contributed by atoms with Crippen molar-refractivity contribution < 1.29 is 9.59 Å². The Morgan fingerprint density at radius 1 is 0.875 bits per heavy atom. The summed E-state index contributed by atoms with van der Waals surface area (Å²) in [4.78, 5) is 33.1. The van der Waals surface area contributed by atoms with Crippen LogP contribution in [-0.4, -0.2) is 24.8 Å². The summed E-state index contributed by atoms with van der Waals surface area (Å²) in [5.74, 6) is -0.481. The van der Waals surface area contributed by atoms with Crippen molar-refractivity contribution in [2.24, 2.45) is 4.99 Å². The first kappa shape index (κ1) is 20.4. The molecule has 4 nitrogen and oxygen atoms in total. The lowest BCUT2D eigenvalue weighted by molar-refractivity contribution is 0.0979. The quantitative estimate of drug-likeness (QED) is 0.352. The molecule has 0 bridgehead atoms. The van der Waals surface area contributed by atoms with Gasteiger partial charge in [0, 0.05) is 41.2 Å². The smallest absolute Gasteiger partial charge is 0.196 e. The SMILES string of the molecule is CN1C(=CC=Nc2cccc3c2C(=O)c2cccc(Cl)c2C3=O)C(C)(C)c2ccccc21. The van der Waals surface area contributed by atoms with Crippen molar-refractivity contribution >= 4 is 40.8 Å². The molecule has 0 saturated heterocycles. The molecule has 5 heteroatoms. The van der Waals surface area contributed by atoms with Crippen LogP contribution >= 0.6 is 11.6 Å². The number of aliphatic imine (C=N–C) groups is 1. The van der Waals surface area contributed by atoms with Gasteiger partial charge in [-0.2, -0.15) is 0 Å². The number of ketones is 2. The van der Waals surface area contributed by atoms with E-state index >= 15 is 0 Å². The fraction of sp³-hybridized carbons (Fsp3) is 0.148. The van der Waals surface area contributed by atoms with Gasteiger partial charge in [0.2, 0.25) is 0 Å². The first-order valence-electron chi connectivity index (χ1n) is 10.4. The number of likely N-dealkylation sites (N-methyl/N-ethyl adjacent to an activating group) is 1. The van der Waals surface area contributed by atoms with Crippen molar-refractivity contribution in [3.8, 4) is 0 Å². The molecule has 2 aliphatic rings. The van der Waals surface area contributed by atoms with E-state index in [0.717, 1.165) is 5.70 Å². The second kappa shape index (κ2) is 7.28. The molecule has 3 aromatic carbocycles. The summed E-state index contributed by atoms with van der Waals surface area (Å²) >= 11 is 6.23. The number of rotatable bonds is 2. The summed E-state index contributed by atoms with van der Waals surface area (Å²) in [5.41, 5.74) is 5.08. The molecular weight excluding hydrogens is 420 g/mol. The number of benzene rings is 3. The molecule has 0 unspecified atom stereocenters. The number of para-hydroxylation sites is 1. The predicted octanol–water partition coefficient (Wildman–Crippen LogP) is 6.13. The van der Waals surface area contributed by atoms with Gasteiger partial charge in [0.15, 0.2) is 11.6 Å². The van der Waals surface area contributed by atoms with Gasteiger partial charge in [0.25, 0.3) is 0 Å². The van der Waals surface area contributed by atoms with Crippen LogP contribution in [0.15, 0.2) is 77.4 Å². The summed E-state index contributed by atoms with van der Waals surface area (Å²) in [6.07, 6.45) is 3.68. The number of nitrogens with zero attached hydrogens (tertiary/aromatic N) is 2. The second-order valence-corrected chi connectivity index (χ2v) is 8.96. The number of hydrogen-bond donors (Lipinski definition) is 0. The number of carbonyl (C=O) groups excluding carboxylic acids is 2. The van der Waals surface area contributed by atoms with E-state index in [9.17, 15) is 9.59 Å². The molecule has 5 rings (SSSR count). The van der Waals surface area contributed by atoms with Gasteiger partial charge >= 0.3 is 0 Å². The Morgan fingerprint density at radius 2 is 1.53 bits per heavy atom. The second-order valence-electron chi connectivity index (χ2n) is 8.55. The summed E-state index contributed by atoms with van der Waals surface area (Å²) < 4.78 is 0. The van der Waals surface area contributed by atoms with Gasteiger partial charge in [-0.15, -0.1) is 0 Å². The summed E-state index contributed by atoms with van der Waals surface area (Å²) in [6, 6.07) is 18.4. The molecule has 0 saturated carbocycles. The highest BCUT2D eigenvalue weighted by molar-refractivity contribution is 6.39. The zero-order chi connectivity index (χ0) is 22.6. The average Bonchev–Trinajstić information content (AvgIpc) is 2.98. The van der Waals surface area contributed by atoms with Crippen molar-refractivity contribution in [3.05, 3.63) is 105 Å². The maximum atomic E-state index is 13.2. The molecular formula is C27H21ClN2O2. The van der Waals surface area contributed by atoms with Crippen LogP contribution in [0.2, 0.25) is 5.02 Å². The van der Waals surface area contributed by atoms with Crippen molar-refractivity contribution in [1.82, 2.24) is 0 Å². The van der Waals surface area contributed by atoms with Crippen LogP contribution in [0.5, 0.6) is 0 Å². The molecule has 0 N–H and O–H groups in total. The third-order valence-corrected chi connectivity index (χ3v) is 6.70. The van der Waals surface area contributed by atoms with Crippen LogP contribution in [0.4, 0.5) is 11.4 Å². The third-order valence-electron chi connectivity index (χ3n) is 6.39. The zero-order valence-electron chi connectivity index (χ0n) is 18.0. The van der Waals surface area contributed by atoms with Crippen LogP contribution < -0.4 is 4.90 Å². The highest BCUT2D eigenvalue weighted by Crippen LogP contribution is 2.46. The Balaban J connectivity index is 1.55. The number of halogens is 1. The van der Waals surface area contributed by atoms with E-state index in [2.05, 4.69) is 41.9 Å². The molecule has 0 aromatic heterocycles. The van der Waals surface area contributed by atoms with Crippen LogP contribution in [0.3, 0.4) is 0 Å². The highest BCUT2D eigenvalue weighted by atomic mass is 35.5. The molecule has 158 valence electrons. The Kier molecular flexibility index (Phi) is 4.64. The monoisotopic (exact) mass is 440 g/mol. The molecule has 0 amide bonds. The first-order valence-corrected chi connectivity index (χ1v) is 10.8. The van der Waals surface area contributed by atoms with Gasteiger partial charge in [0.05, 0.1) is 21.8 Å². The predicted molar refractivity (Wildman–Crippen MR) is 129 cm³/mol. The maximum Gasteiger partial charge on any atom is 0.196 e. The fourth-order valence-corrected chi connectivity index (χ4v) is 5.04. The minimum Gasteiger partial charge on any atom is -0.347 e. The Labute approximate surface area is 191 Å². The number of fused-ring (bicyclic) bond motifs is 3. The summed E-state index contributed by atoms with van der Waals surface area (Å²) in [7, 11) is 2.04. The highest BCUT2D eigenvalue weighted by Gasteiger charge is 2.38. The fourth-order valence-electron chi connectivity index (χ4n) is 4.78. The molecule has 32 heavy (non-hydrogen) atoms. The molecule has 0 atom stereocenters. The van der Waals surface area contributed by atoms with Gasteiger partial charge in [-0.3, -0.25) is 14.6 Å². The van der Waals surface area contributed by atoms with E-state index in [1.54, 1.807) is 42.6 Å². The number of allylic oxidation sites excluding steroid dienone is 2. The normalized spacial score (nSPS) is 17.6. The molecule has 3 aromatic rings. The third kappa shape index (κ3) is 2.87. The summed E-state index contributed by atoms with van der Waals surface area (Å²) in [5, 5.41) is 0.288. The molecule has 0 fully saturated rings. The molecule has 1 heterocycles. The molecule has 0 radical (unpaired) electrons. The minimum absolute atomic E-state index is 0.172. The van der Waals surface area contributed by atoms with E-state index < -0.39 is 0 Å². The van der Waals surface area contributed by atoms with E-state index in [1.807, 2.05) is 19.2 Å². The minimum atomic E-state index is -0.247. The first-order chi connectivity index (χ1) is 15.3. The van der Waals surface area contributed by atoms with Crippen LogP contribution in [0, 0.1) is 0 Å². The number of anilines is 1. The Bertz CT molecular complexity index is 1370. The van der Waals surface area contributed by atoms with E-state index in [0.29, 0.717) is 22.4 Å². The standard InChI is InChI=1S/C27H21ClN2O2/c1-27(2)18-10-4-5-13-21(18)30(3)22(27)14-15-29-20-12-7-9-17-24(20)26(32)16-8-6-11-19(28)23(16)25(17)31/h4-15H,1-3H3. The average molecular weight is 441 g/mol. The Hall–Kier alpha value is -3.50. The molecule has 1 aliphatic carbocycles. The van der Waals surface area contributed by atoms with E-state index in [-0.39, 0.29) is 27.6 Å². The lowest BCUT2D eigenvalue weighted by Gasteiger charge is -2.23. The maximum absolute atomic E-state index is 13.2. The number of carbonyl (C=O) groups is 2. The van der Waals surface area contributed by atoms with Gasteiger partial charge < -0.3 is 4.90 Å². The van der Waals surface area contributed by atoms with Crippen LogP contribution in [-0.2, 0) is 5.41 Å². The number of hydrogen-bond acceptors (Lipinski definition) is 4.